The Labute approximate surface area is 198 Å². The van der Waals surface area contributed by atoms with Crippen molar-refractivity contribution in [3.8, 4) is 0 Å². The average molecular weight is 471 g/mol. The molecule has 9 heteroatoms. The summed E-state index contributed by atoms with van der Waals surface area (Å²) in [4.78, 5) is 48.7. The van der Waals surface area contributed by atoms with E-state index < -0.39 is 48.1 Å². The lowest BCUT2D eigenvalue weighted by Gasteiger charge is -2.23. The number of carbonyl (C=O) groups excluding carboxylic acids is 4. The Morgan fingerprint density at radius 3 is 2.18 bits per heavy atom. The van der Waals surface area contributed by atoms with Crippen LogP contribution in [0.5, 0.6) is 0 Å². The van der Waals surface area contributed by atoms with Crippen LogP contribution in [-0.2, 0) is 32.0 Å². The number of nitrogens with two attached hydrogens (primary N) is 2. The van der Waals surface area contributed by atoms with Gasteiger partial charge in [-0.25, -0.2) is 4.39 Å². The van der Waals surface area contributed by atoms with Gasteiger partial charge in [0.15, 0.2) is 0 Å². The van der Waals surface area contributed by atoms with Gasteiger partial charge >= 0.3 is 0 Å². The zero-order valence-corrected chi connectivity index (χ0v) is 19.1. The minimum absolute atomic E-state index is 0.0898. The van der Waals surface area contributed by atoms with E-state index >= 15 is 0 Å². The molecule has 0 saturated carbocycles. The van der Waals surface area contributed by atoms with Crippen molar-refractivity contribution in [2.24, 2.45) is 11.5 Å². The van der Waals surface area contributed by atoms with Crippen molar-refractivity contribution in [2.45, 2.75) is 57.2 Å². The normalized spacial score (nSPS) is 13.4. The standard InChI is InChI=1S/C25H31FN4O4/c1-16(31)13-19(12-11-17-7-3-2-4-8-17)29-25(34)22(15-23(28)32)30-24(33)21(27)14-18-9-5-6-10-20(18)26/h2-10,19,21-22H,11-15,27H2,1H3,(H2,28,32)(H,29,34)(H,30,33). The van der Waals surface area contributed by atoms with E-state index in [9.17, 15) is 23.6 Å². The van der Waals surface area contributed by atoms with Crippen LogP contribution in [0.15, 0.2) is 54.6 Å². The van der Waals surface area contributed by atoms with E-state index in [2.05, 4.69) is 10.6 Å². The fraction of sp³-hybridized carbons (Fsp3) is 0.360. The molecule has 2 rings (SSSR count). The van der Waals surface area contributed by atoms with Gasteiger partial charge in [0, 0.05) is 12.5 Å². The number of aryl methyl sites for hydroxylation is 1. The molecule has 0 aliphatic rings. The van der Waals surface area contributed by atoms with Gasteiger partial charge in [0.2, 0.25) is 17.7 Å². The second-order valence-electron chi connectivity index (χ2n) is 8.27. The monoisotopic (exact) mass is 470 g/mol. The van der Waals surface area contributed by atoms with Crippen molar-refractivity contribution in [3.63, 3.8) is 0 Å². The highest BCUT2D eigenvalue weighted by Gasteiger charge is 2.27. The Bertz CT molecular complexity index is 999. The maximum absolute atomic E-state index is 13.9. The molecule has 2 aromatic rings. The van der Waals surface area contributed by atoms with Crippen LogP contribution < -0.4 is 22.1 Å². The number of rotatable bonds is 13. The third kappa shape index (κ3) is 9.11. The summed E-state index contributed by atoms with van der Waals surface area (Å²) in [5.41, 5.74) is 12.5. The maximum atomic E-state index is 13.9. The summed E-state index contributed by atoms with van der Waals surface area (Å²) in [6, 6.07) is 12.6. The third-order valence-corrected chi connectivity index (χ3v) is 5.28. The van der Waals surface area contributed by atoms with Crippen LogP contribution in [0.1, 0.15) is 37.3 Å². The van der Waals surface area contributed by atoms with Crippen molar-refractivity contribution in [2.75, 3.05) is 0 Å². The van der Waals surface area contributed by atoms with Gasteiger partial charge in [-0.3, -0.25) is 19.2 Å². The van der Waals surface area contributed by atoms with Gasteiger partial charge in [0.25, 0.3) is 0 Å². The fourth-order valence-corrected chi connectivity index (χ4v) is 3.54. The summed E-state index contributed by atoms with van der Waals surface area (Å²) in [6.45, 7) is 1.42. The van der Waals surface area contributed by atoms with E-state index in [-0.39, 0.29) is 24.2 Å². The average Bonchev–Trinajstić information content (AvgIpc) is 2.78. The molecule has 3 amide bonds. The molecule has 0 aromatic heterocycles. The SMILES string of the molecule is CC(=O)CC(CCc1ccccc1)NC(=O)C(CC(N)=O)NC(=O)C(N)Cc1ccccc1F. The first-order valence-corrected chi connectivity index (χ1v) is 11.1. The van der Waals surface area contributed by atoms with Crippen LogP contribution in [-0.4, -0.2) is 41.6 Å². The summed E-state index contributed by atoms with van der Waals surface area (Å²) in [6.07, 6.45) is 0.671. The molecule has 0 heterocycles. The second kappa shape index (κ2) is 13.2. The molecule has 34 heavy (non-hydrogen) atoms. The summed E-state index contributed by atoms with van der Waals surface area (Å²) >= 11 is 0. The number of halogens is 1. The topological polar surface area (TPSA) is 144 Å². The molecule has 3 unspecified atom stereocenters. The minimum Gasteiger partial charge on any atom is -0.370 e. The number of nitrogens with one attached hydrogen (secondary N) is 2. The van der Waals surface area contributed by atoms with Crippen LogP contribution in [0.4, 0.5) is 4.39 Å². The van der Waals surface area contributed by atoms with Gasteiger partial charge in [-0.1, -0.05) is 48.5 Å². The quantitative estimate of drug-likeness (QED) is 0.347. The van der Waals surface area contributed by atoms with Crippen LogP contribution >= 0.6 is 0 Å². The number of amides is 3. The van der Waals surface area contributed by atoms with Crippen molar-refractivity contribution in [3.05, 3.63) is 71.5 Å². The Balaban J connectivity index is 2.04. The third-order valence-electron chi connectivity index (χ3n) is 5.28. The van der Waals surface area contributed by atoms with Crippen LogP contribution in [0.3, 0.4) is 0 Å². The van der Waals surface area contributed by atoms with E-state index in [1.807, 2.05) is 30.3 Å². The number of ketones is 1. The van der Waals surface area contributed by atoms with Crippen molar-refractivity contribution in [1.82, 2.24) is 10.6 Å². The lowest BCUT2D eigenvalue weighted by Crippen LogP contribution is -2.55. The molecule has 0 bridgehead atoms. The Morgan fingerprint density at radius 2 is 1.56 bits per heavy atom. The van der Waals surface area contributed by atoms with Gasteiger partial charge < -0.3 is 22.1 Å². The number of Topliss-reactive ketones (excluding diaryl/α,β-unsaturated/α-hetero) is 1. The van der Waals surface area contributed by atoms with Gasteiger partial charge in [-0.2, -0.15) is 0 Å². The molecule has 6 N–H and O–H groups in total. The van der Waals surface area contributed by atoms with Crippen molar-refractivity contribution < 1.29 is 23.6 Å². The number of hydrogen-bond acceptors (Lipinski definition) is 5. The lowest BCUT2D eigenvalue weighted by molar-refractivity contribution is -0.132. The summed E-state index contributed by atoms with van der Waals surface area (Å²) < 4.78 is 13.9. The highest BCUT2D eigenvalue weighted by molar-refractivity contribution is 5.93. The largest absolute Gasteiger partial charge is 0.370 e. The molecule has 0 fully saturated rings. The molecule has 8 nitrogen and oxygen atoms in total. The van der Waals surface area contributed by atoms with E-state index in [0.29, 0.717) is 12.8 Å². The molecular formula is C25H31FN4O4. The molecule has 0 saturated heterocycles. The van der Waals surface area contributed by atoms with Crippen LogP contribution in [0.25, 0.3) is 0 Å². The van der Waals surface area contributed by atoms with E-state index in [4.69, 9.17) is 11.5 Å². The first kappa shape index (κ1) is 26.7. The van der Waals surface area contributed by atoms with E-state index in [0.717, 1.165) is 5.56 Å². The summed E-state index contributed by atoms with van der Waals surface area (Å²) in [5.74, 6) is -2.78. The number of carbonyl (C=O) groups is 4. The maximum Gasteiger partial charge on any atom is 0.243 e. The van der Waals surface area contributed by atoms with Gasteiger partial charge in [-0.15, -0.1) is 0 Å². The van der Waals surface area contributed by atoms with Gasteiger partial charge in [-0.05, 0) is 43.4 Å². The smallest absolute Gasteiger partial charge is 0.243 e. The molecule has 3 atom stereocenters. The Hall–Kier alpha value is -3.59. The zero-order chi connectivity index (χ0) is 25.1. The van der Waals surface area contributed by atoms with Gasteiger partial charge in [0.1, 0.15) is 17.6 Å². The highest BCUT2D eigenvalue weighted by atomic mass is 19.1. The predicted molar refractivity (Wildman–Crippen MR) is 126 cm³/mol. The molecule has 0 aliphatic carbocycles. The second-order valence-corrected chi connectivity index (χ2v) is 8.27. The zero-order valence-electron chi connectivity index (χ0n) is 19.1. The number of benzene rings is 2. The molecular weight excluding hydrogens is 439 g/mol. The Kier molecular flexibility index (Phi) is 10.3. The predicted octanol–water partition coefficient (Wildman–Crippen LogP) is 1.15. The summed E-state index contributed by atoms with van der Waals surface area (Å²) in [7, 11) is 0. The first-order valence-electron chi connectivity index (χ1n) is 11.1. The number of primary amides is 1. The highest BCUT2D eigenvalue weighted by Crippen LogP contribution is 2.10. The van der Waals surface area contributed by atoms with Crippen molar-refractivity contribution >= 4 is 23.5 Å². The molecule has 0 radical (unpaired) electrons. The minimum atomic E-state index is -1.28. The molecule has 0 aliphatic heterocycles. The molecule has 182 valence electrons. The van der Waals surface area contributed by atoms with E-state index in [1.165, 1.54) is 25.1 Å². The lowest BCUT2D eigenvalue weighted by atomic mass is 10.0. The Morgan fingerprint density at radius 1 is 0.912 bits per heavy atom. The molecule has 2 aromatic carbocycles. The van der Waals surface area contributed by atoms with Crippen LogP contribution in [0.2, 0.25) is 0 Å². The fourth-order valence-electron chi connectivity index (χ4n) is 3.54. The van der Waals surface area contributed by atoms with Gasteiger partial charge in [0.05, 0.1) is 12.5 Å². The molecule has 0 spiro atoms. The summed E-state index contributed by atoms with van der Waals surface area (Å²) in [5, 5.41) is 5.18. The van der Waals surface area contributed by atoms with Crippen LogP contribution in [0, 0.1) is 5.82 Å². The first-order chi connectivity index (χ1) is 16.2. The van der Waals surface area contributed by atoms with Crippen molar-refractivity contribution in [1.29, 1.82) is 0 Å². The number of hydrogen-bond donors (Lipinski definition) is 4. The van der Waals surface area contributed by atoms with E-state index in [1.54, 1.807) is 6.07 Å².